The fourth-order valence-corrected chi connectivity index (χ4v) is 4.72. The Morgan fingerprint density at radius 1 is 0.640 bits per heavy atom. The lowest BCUT2D eigenvalue weighted by molar-refractivity contribution is 0.182. The Hall–Kier alpha value is 0.190. The molecule has 3 heteroatoms. The lowest BCUT2D eigenvalue weighted by Crippen LogP contribution is -2.11. The SMILES string of the molecule is CCCCCCCCCCCCCCCCCCC(O)CP(C)(C)=O. The Labute approximate surface area is 158 Å². The lowest BCUT2D eigenvalue weighted by atomic mass is 10.0. The van der Waals surface area contributed by atoms with E-state index in [9.17, 15) is 9.67 Å². The van der Waals surface area contributed by atoms with Crippen LogP contribution < -0.4 is 0 Å². The summed E-state index contributed by atoms with van der Waals surface area (Å²) in [6.07, 6.45) is 22.9. The molecular formula is C22H47O2P. The van der Waals surface area contributed by atoms with Crippen molar-refractivity contribution < 1.29 is 9.67 Å². The molecule has 0 aliphatic carbocycles. The number of aliphatic hydroxyl groups is 1. The maximum absolute atomic E-state index is 11.6. The van der Waals surface area contributed by atoms with Gasteiger partial charge >= 0.3 is 0 Å². The minimum absolute atomic E-state index is 0.354. The second kappa shape index (κ2) is 17.6. The van der Waals surface area contributed by atoms with E-state index in [1.54, 1.807) is 13.3 Å². The fourth-order valence-electron chi connectivity index (χ4n) is 3.53. The van der Waals surface area contributed by atoms with Gasteiger partial charge in [0.25, 0.3) is 0 Å². The number of rotatable bonds is 19. The van der Waals surface area contributed by atoms with Gasteiger partial charge in [0.15, 0.2) is 0 Å². The van der Waals surface area contributed by atoms with Crippen LogP contribution in [0.4, 0.5) is 0 Å². The van der Waals surface area contributed by atoms with Gasteiger partial charge in [0.1, 0.15) is 0 Å². The van der Waals surface area contributed by atoms with E-state index in [-0.39, 0.29) is 6.10 Å². The van der Waals surface area contributed by atoms with Crippen LogP contribution >= 0.6 is 7.14 Å². The van der Waals surface area contributed by atoms with Crippen molar-refractivity contribution in [3.63, 3.8) is 0 Å². The van der Waals surface area contributed by atoms with Crippen molar-refractivity contribution >= 4 is 7.14 Å². The largest absolute Gasteiger partial charge is 0.393 e. The van der Waals surface area contributed by atoms with Crippen molar-refractivity contribution in [3.8, 4) is 0 Å². The minimum Gasteiger partial charge on any atom is -0.393 e. The highest BCUT2D eigenvalue weighted by atomic mass is 31.2. The minimum atomic E-state index is -2.06. The maximum Gasteiger partial charge on any atom is 0.0844 e. The first-order chi connectivity index (χ1) is 12.0. The molecule has 0 aromatic carbocycles. The van der Waals surface area contributed by atoms with E-state index in [0.717, 1.165) is 12.8 Å². The highest BCUT2D eigenvalue weighted by Crippen LogP contribution is 2.37. The Morgan fingerprint density at radius 2 is 0.960 bits per heavy atom. The molecule has 0 bridgehead atoms. The molecule has 0 aliphatic rings. The third-order valence-corrected chi connectivity index (χ3v) is 6.34. The summed E-state index contributed by atoms with van der Waals surface area (Å²) < 4.78 is 11.6. The van der Waals surface area contributed by atoms with Gasteiger partial charge in [0.2, 0.25) is 0 Å². The van der Waals surface area contributed by atoms with Crippen molar-refractivity contribution in [1.82, 2.24) is 0 Å². The summed E-state index contributed by atoms with van der Waals surface area (Å²) in [5, 5.41) is 9.83. The van der Waals surface area contributed by atoms with E-state index in [0.29, 0.717) is 6.16 Å². The zero-order valence-corrected chi connectivity index (χ0v) is 18.5. The van der Waals surface area contributed by atoms with Crippen LogP contribution in [0, 0.1) is 0 Å². The average molecular weight is 375 g/mol. The molecule has 1 N–H and O–H groups in total. The molecule has 2 nitrogen and oxygen atoms in total. The molecule has 152 valence electrons. The maximum atomic E-state index is 11.6. The molecule has 0 aliphatic heterocycles. The molecule has 0 fully saturated rings. The van der Waals surface area contributed by atoms with Gasteiger partial charge in [-0.1, -0.05) is 110 Å². The summed E-state index contributed by atoms with van der Waals surface area (Å²) in [5.41, 5.74) is 0. The molecule has 25 heavy (non-hydrogen) atoms. The topological polar surface area (TPSA) is 37.3 Å². The van der Waals surface area contributed by atoms with Crippen LogP contribution in [0.1, 0.15) is 116 Å². The second-order valence-electron chi connectivity index (χ2n) is 8.50. The first-order valence-corrected chi connectivity index (χ1v) is 14.0. The first kappa shape index (κ1) is 25.2. The van der Waals surface area contributed by atoms with Gasteiger partial charge in [-0.25, -0.2) is 0 Å². The second-order valence-corrected chi connectivity index (χ2v) is 12.0. The first-order valence-electron chi connectivity index (χ1n) is 11.2. The van der Waals surface area contributed by atoms with E-state index < -0.39 is 7.14 Å². The lowest BCUT2D eigenvalue weighted by Gasteiger charge is -2.13. The average Bonchev–Trinajstić information content (AvgIpc) is 2.53. The van der Waals surface area contributed by atoms with Crippen molar-refractivity contribution in [3.05, 3.63) is 0 Å². The van der Waals surface area contributed by atoms with Gasteiger partial charge in [-0.15, -0.1) is 0 Å². The summed E-state index contributed by atoms with van der Waals surface area (Å²) in [5.74, 6) is 0. The summed E-state index contributed by atoms with van der Waals surface area (Å²) in [6.45, 7) is 5.82. The van der Waals surface area contributed by atoms with Crippen LogP contribution in [0.15, 0.2) is 0 Å². The molecule has 0 aromatic rings. The van der Waals surface area contributed by atoms with Gasteiger partial charge in [-0.2, -0.15) is 0 Å². The molecule has 0 saturated heterocycles. The molecule has 1 atom stereocenters. The number of aliphatic hydroxyl groups excluding tert-OH is 1. The van der Waals surface area contributed by atoms with E-state index >= 15 is 0 Å². The van der Waals surface area contributed by atoms with E-state index in [4.69, 9.17) is 0 Å². The summed E-state index contributed by atoms with van der Waals surface area (Å²) in [4.78, 5) is 0. The Morgan fingerprint density at radius 3 is 1.28 bits per heavy atom. The predicted molar refractivity (Wildman–Crippen MR) is 114 cm³/mol. The van der Waals surface area contributed by atoms with Crippen LogP contribution in [0.3, 0.4) is 0 Å². The third-order valence-electron chi connectivity index (χ3n) is 5.04. The summed E-state index contributed by atoms with van der Waals surface area (Å²) in [7, 11) is -2.06. The third kappa shape index (κ3) is 22.1. The van der Waals surface area contributed by atoms with Crippen LogP contribution in [-0.2, 0) is 4.57 Å². The zero-order chi connectivity index (χ0) is 18.8. The van der Waals surface area contributed by atoms with Crippen LogP contribution in [-0.4, -0.2) is 30.7 Å². The summed E-state index contributed by atoms with van der Waals surface area (Å²) >= 11 is 0. The van der Waals surface area contributed by atoms with Crippen LogP contribution in [0.25, 0.3) is 0 Å². The highest BCUT2D eigenvalue weighted by Gasteiger charge is 2.14. The molecule has 0 radical (unpaired) electrons. The van der Waals surface area contributed by atoms with E-state index in [2.05, 4.69) is 6.92 Å². The molecule has 0 saturated carbocycles. The predicted octanol–water partition coefficient (Wildman–Crippen LogP) is 7.62. The Bertz CT molecular complexity index is 311. The Kier molecular flexibility index (Phi) is 17.7. The molecule has 0 amide bonds. The molecule has 1 unspecified atom stereocenters. The van der Waals surface area contributed by atoms with Gasteiger partial charge in [0, 0.05) is 6.16 Å². The van der Waals surface area contributed by atoms with Crippen molar-refractivity contribution in [2.24, 2.45) is 0 Å². The number of hydrogen-bond acceptors (Lipinski definition) is 2. The molecular weight excluding hydrogens is 327 g/mol. The van der Waals surface area contributed by atoms with Crippen molar-refractivity contribution in [2.75, 3.05) is 19.5 Å². The van der Waals surface area contributed by atoms with E-state index in [1.807, 2.05) is 0 Å². The normalized spacial score (nSPS) is 13.3. The van der Waals surface area contributed by atoms with Crippen LogP contribution in [0.5, 0.6) is 0 Å². The fraction of sp³-hybridized carbons (Fsp3) is 1.00. The standard InChI is InChI=1S/C22H47O2P/c1-4-5-6-7-8-9-10-11-12-13-14-15-16-17-18-19-20-22(23)21-25(2,3)24/h22-23H,4-21H2,1-3H3. The van der Waals surface area contributed by atoms with Gasteiger partial charge in [0.05, 0.1) is 13.2 Å². The van der Waals surface area contributed by atoms with Crippen molar-refractivity contribution in [1.29, 1.82) is 0 Å². The molecule has 0 aromatic heterocycles. The molecule has 0 spiro atoms. The quantitative estimate of drug-likeness (QED) is 0.186. The smallest absolute Gasteiger partial charge is 0.0844 e. The van der Waals surface area contributed by atoms with Gasteiger partial charge < -0.3 is 9.67 Å². The number of unbranched alkanes of at least 4 members (excludes halogenated alkanes) is 15. The van der Waals surface area contributed by atoms with Gasteiger partial charge in [-0.3, -0.25) is 0 Å². The Balaban J connectivity index is 3.13. The summed E-state index contributed by atoms with van der Waals surface area (Å²) in [6, 6.07) is 0. The number of hydrogen-bond donors (Lipinski definition) is 1. The van der Waals surface area contributed by atoms with Crippen molar-refractivity contribution in [2.45, 2.75) is 122 Å². The monoisotopic (exact) mass is 374 g/mol. The van der Waals surface area contributed by atoms with E-state index in [1.165, 1.54) is 96.3 Å². The van der Waals surface area contributed by atoms with Crippen LogP contribution in [0.2, 0.25) is 0 Å². The molecule has 0 heterocycles. The zero-order valence-electron chi connectivity index (χ0n) is 17.6. The van der Waals surface area contributed by atoms with Gasteiger partial charge in [-0.05, 0) is 19.8 Å². The highest BCUT2D eigenvalue weighted by molar-refractivity contribution is 7.62. The molecule has 0 rings (SSSR count).